The Bertz CT molecular complexity index is 701. The largest absolute Gasteiger partial charge is 0.356 e. The van der Waals surface area contributed by atoms with Gasteiger partial charge < -0.3 is 10.2 Å². The lowest BCUT2D eigenvalue weighted by atomic mass is 10.2. The summed E-state index contributed by atoms with van der Waals surface area (Å²) in [5.41, 5.74) is 1.02. The Morgan fingerprint density at radius 2 is 2.10 bits per heavy atom. The molecule has 2 aromatic heterocycles. The Hall–Kier alpha value is -1.69. The molecule has 1 amide bonds. The van der Waals surface area contributed by atoms with Gasteiger partial charge in [-0.25, -0.2) is 9.97 Å². The number of aryl methyl sites for hydroxylation is 1. The molecule has 0 bridgehead atoms. The summed E-state index contributed by atoms with van der Waals surface area (Å²) in [6.45, 7) is 4.11. The van der Waals surface area contributed by atoms with Crippen molar-refractivity contribution in [3.63, 3.8) is 0 Å². The smallest absolute Gasteiger partial charge is 0.261 e. The minimum absolute atomic E-state index is 0.0466. The molecule has 1 saturated heterocycles. The van der Waals surface area contributed by atoms with Gasteiger partial charge in [-0.2, -0.15) is 0 Å². The molecule has 2 aromatic rings. The number of nitrogens with zero attached hydrogens (tertiary/aromatic N) is 3. The lowest BCUT2D eigenvalue weighted by Crippen LogP contribution is -2.25. The molecule has 21 heavy (non-hydrogen) atoms. The van der Waals surface area contributed by atoms with Crippen LogP contribution in [0.25, 0.3) is 10.2 Å². The topological polar surface area (TPSA) is 58.1 Å². The van der Waals surface area contributed by atoms with Crippen molar-refractivity contribution >= 4 is 33.3 Å². The van der Waals surface area contributed by atoms with Crippen LogP contribution in [0.1, 0.15) is 40.9 Å². The second kappa shape index (κ2) is 4.94. The fourth-order valence-electron chi connectivity index (χ4n) is 2.92. The first-order chi connectivity index (χ1) is 10.2. The number of carbonyl (C=O) groups excluding carboxylic acids is 1. The third-order valence-electron chi connectivity index (χ3n) is 4.23. The van der Waals surface area contributed by atoms with Crippen LogP contribution in [0.5, 0.6) is 0 Å². The second-order valence-electron chi connectivity index (χ2n) is 5.88. The van der Waals surface area contributed by atoms with E-state index in [1.54, 1.807) is 6.33 Å². The van der Waals surface area contributed by atoms with Gasteiger partial charge in [-0.1, -0.05) is 0 Å². The zero-order chi connectivity index (χ0) is 14.4. The zero-order valence-corrected chi connectivity index (χ0v) is 12.9. The normalized spacial score (nSPS) is 18.4. The van der Waals surface area contributed by atoms with Crippen LogP contribution in [0.3, 0.4) is 0 Å². The molecule has 0 radical (unpaired) electrons. The summed E-state index contributed by atoms with van der Waals surface area (Å²) in [6, 6.07) is 0.381. The number of hydrogen-bond donors (Lipinski definition) is 1. The van der Waals surface area contributed by atoms with E-state index in [9.17, 15) is 4.79 Å². The molecule has 5 nitrogen and oxygen atoms in total. The Labute approximate surface area is 127 Å². The van der Waals surface area contributed by atoms with Crippen molar-refractivity contribution in [2.75, 3.05) is 18.0 Å². The van der Waals surface area contributed by atoms with Crippen LogP contribution in [0.2, 0.25) is 0 Å². The third kappa shape index (κ3) is 2.27. The minimum atomic E-state index is 0.0466. The molecule has 1 aliphatic carbocycles. The van der Waals surface area contributed by atoms with Gasteiger partial charge in [-0.05, 0) is 38.2 Å². The summed E-state index contributed by atoms with van der Waals surface area (Å²) in [7, 11) is 0. The molecule has 2 fully saturated rings. The van der Waals surface area contributed by atoms with Gasteiger partial charge in [0, 0.05) is 19.1 Å². The van der Waals surface area contributed by atoms with Crippen molar-refractivity contribution in [3.8, 4) is 0 Å². The highest BCUT2D eigenvalue weighted by Gasteiger charge is 2.27. The highest BCUT2D eigenvalue weighted by Crippen LogP contribution is 2.36. The number of thiophene rings is 1. The molecule has 0 aromatic carbocycles. The summed E-state index contributed by atoms with van der Waals surface area (Å²) in [4.78, 5) is 25.2. The molecule has 110 valence electrons. The standard InChI is InChI=1S/C15H18N4OS/c1-9-11-13(19-6-2-3-7-19)16-8-17-15(11)21-12(9)14(20)18-10-4-5-10/h8,10H,2-7H2,1H3,(H,18,20). The molecule has 1 aliphatic heterocycles. The van der Waals surface area contributed by atoms with Crippen molar-refractivity contribution < 1.29 is 4.79 Å². The lowest BCUT2D eigenvalue weighted by Gasteiger charge is -2.17. The van der Waals surface area contributed by atoms with E-state index >= 15 is 0 Å². The molecule has 1 N–H and O–H groups in total. The van der Waals surface area contributed by atoms with Crippen molar-refractivity contribution in [3.05, 3.63) is 16.8 Å². The summed E-state index contributed by atoms with van der Waals surface area (Å²) in [5, 5.41) is 4.13. The fourth-order valence-corrected chi connectivity index (χ4v) is 3.96. The molecule has 4 rings (SSSR count). The molecule has 6 heteroatoms. The van der Waals surface area contributed by atoms with Gasteiger partial charge in [0.05, 0.1) is 10.3 Å². The van der Waals surface area contributed by atoms with E-state index in [4.69, 9.17) is 0 Å². The first kappa shape index (κ1) is 13.0. The third-order valence-corrected chi connectivity index (χ3v) is 5.43. The van der Waals surface area contributed by atoms with Crippen LogP contribution in [0, 0.1) is 6.92 Å². The van der Waals surface area contributed by atoms with Crippen LogP contribution >= 0.6 is 11.3 Å². The Kier molecular flexibility index (Phi) is 3.06. The van der Waals surface area contributed by atoms with Gasteiger partial charge in [0.2, 0.25) is 0 Å². The summed E-state index contributed by atoms with van der Waals surface area (Å²) in [6.07, 6.45) is 6.25. The predicted octanol–water partition coefficient (Wildman–Crippen LogP) is 2.49. The number of amides is 1. The van der Waals surface area contributed by atoms with Crippen molar-refractivity contribution in [1.82, 2.24) is 15.3 Å². The van der Waals surface area contributed by atoms with Crippen LogP contribution in [-0.4, -0.2) is 35.0 Å². The number of carbonyl (C=O) groups is 1. The maximum absolute atomic E-state index is 12.4. The Balaban J connectivity index is 1.77. The number of anilines is 1. The van der Waals surface area contributed by atoms with E-state index in [1.807, 2.05) is 6.92 Å². The van der Waals surface area contributed by atoms with Gasteiger partial charge in [0.15, 0.2) is 0 Å². The number of hydrogen-bond acceptors (Lipinski definition) is 5. The number of aromatic nitrogens is 2. The van der Waals surface area contributed by atoms with Gasteiger partial charge >= 0.3 is 0 Å². The van der Waals surface area contributed by atoms with E-state index in [-0.39, 0.29) is 5.91 Å². The van der Waals surface area contributed by atoms with Gasteiger partial charge in [0.25, 0.3) is 5.91 Å². The summed E-state index contributed by atoms with van der Waals surface area (Å²) < 4.78 is 0. The second-order valence-corrected chi connectivity index (χ2v) is 6.87. The van der Waals surface area contributed by atoms with Crippen LogP contribution < -0.4 is 10.2 Å². The van der Waals surface area contributed by atoms with E-state index in [2.05, 4.69) is 20.2 Å². The molecule has 0 unspecified atom stereocenters. The average molecular weight is 302 g/mol. The maximum Gasteiger partial charge on any atom is 0.261 e. The Morgan fingerprint density at radius 3 is 2.81 bits per heavy atom. The SMILES string of the molecule is Cc1c(C(=O)NC2CC2)sc2ncnc(N3CCCC3)c12. The van der Waals surface area contributed by atoms with Gasteiger partial charge in [-0.3, -0.25) is 4.79 Å². The molecule has 0 atom stereocenters. The van der Waals surface area contributed by atoms with Crippen molar-refractivity contribution in [2.24, 2.45) is 0 Å². The molecule has 3 heterocycles. The Morgan fingerprint density at radius 1 is 1.33 bits per heavy atom. The number of nitrogens with one attached hydrogen (secondary N) is 1. The van der Waals surface area contributed by atoms with Crippen molar-refractivity contribution in [2.45, 2.75) is 38.6 Å². The van der Waals surface area contributed by atoms with E-state index in [0.717, 1.165) is 52.4 Å². The van der Waals surface area contributed by atoms with E-state index < -0.39 is 0 Å². The predicted molar refractivity (Wildman–Crippen MR) is 84.1 cm³/mol. The highest BCUT2D eigenvalue weighted by molar-refractivity contribution is 7.20. The fraction of sp³-hybridized carbons (Fsp3) is 0.533. The molecular weight excluding hydrogens is 284 g/mol. The number of rotatable bonds is 3. The molecule has 0 spiro atoms. The number of fused-ring (bicyclic) bond motifs is 1. The highest BCUT2D eigenvalue weighted by atomic mass is 32.1. The average Bonchev–Trinajstić information content (AvgIpc) is 3.02. The van der Waals surface area contributed by atoms with Crippen LogP contribution in [0.4, 0.5) is 5.82 Å². The van der Waals surface area contributed by atoms with Gasteiger partial charge in [0.1, 0.15) is 17.0 Å². The minimum Gasteiger partial charge on any atom is -0.356 e. The lowest BCUT2D eigenvalue weighted by molar-refractivity contribution is 0.0954. The molecular formula is C15H18N4OS. The first-order valence-corrected chi connectivity index (χ1v) is 8.35. The summed E-state index contributed by atoms with van der Waals surface area (Å²) in [5.74, 6) is 1.04. The van der Waals surface area contributed by atoms with Crippen LogP contribution in [0.15, 0.2) is 6.33 Å². The first-order valence-electron chi connectivity index (χ1n) is 7.54. The zero-order valence-electron chi connectivity index (χ0n) is 12.1. The quantitative estimate of drug-likeness (QED) is 0.946. The van der Waals surface area contributed by atoms with Gasteiger partial charge in [-0.15, -0.1) is 11.3 Å². The van der Waals surface area contributed by atoms with Crippen molar-refractivity contribution in [1.29, 1.82) is 0 Å². The maximum atomic E-state index is 12.4. The van der Waals surface area contributed by atoms with Crippen LogP contribution in [-0.2, 0) is 0 Å². The van der Waals surface area contributed by atoms with E-state index in [0.29, 0.717) is 6.04 Å². The molecule has 2 aliphatic rings. The monoisotopic (exact) mass is 302 g/mol. The summed E-state index contributed by atoms with van der Waals surface area (Å²) >= 11 is 1.48. The van der Waals surface area contributed by atoms with E-state index in [1.165, 1.54) is 24.2 Å². The molecule has 1 saturated carbocycles.